The number of amides is 1. The van der Waals surface area contributed by atoms with Gasteiger partial charge in [-0.25, -0.2) is 13.1 Å². The molecule has 0 saturated carbocycles. The first-order chi connectivity index (χ1) is 11.3. The van der Waals surface area contributed by atoms with Gasteiger partial charge < -0.3 is 5.32 Å². The van der Waals surface area contributed by atoms with E-state index in [1.54, 1.807) is 13.8 Å². The van der Waals surface area contributed by atoms with Gasteiger partial charge in [0.25, 0.3) is 0 Å². The number of hydrogen-bond donors (Lipinski definition) is 2. The highest BCUT2D eigenvalue weighted by molar-refractivity contribution is 7.90. The molecule has 0 bridgehead atoms. The molecule has 134 valence electrons. The van der Waals surface area contributed by atoms with Crippen molar-refractivity contribution in [1.82, 2.24) is 4.72 Å². The zero-order valence-corrected chi connectivity index (χ0v) is 15.6. The second-order valence-electron chi connectivity index (χ2n) is 6.72. The second-order valence-corrected chi connectivity index (χ2v) is 9.04. The Kier molecular flexibility index (Phi) is 6.40. The quantitative estimate of drug-likeness (QED) is 0.706. The summed E-state index contributed by atoms with van der Waals surface area (Å²) in [5, 5.41) is 2.56. The Morgan fingerprint density at radius 2 is 1.96 bits per heavy atom. The van der Waals surface area contributed by atoms with E-state index >= 15 is 0 Å². The van der Waals surface area contributed by atoms with Crippen LogP contribution >= 0.6 is 0 Å². The first kappa shape index (κ1) is 18.9. The third-order valence-corrected chi connectivity index (χ3v) is 6.44. The molecule has 0 aliphatic heterocycles. The SMILES string of the molecule is Cc1c(NC(=O)CCCCNS(=O)(=O)C(C)C)ccc2c1CCC2. The average molecular weight is 353 g/mol. The van der Waals surface area contributed by atoms with E-state index in [0.29, 0.717) is 25.8 Å². The van der Waals surface area contributed by atoms with Gasteiger partial charge in [0.2, 0.25) is 15.9 Å². The van der Waals surface area contributed by atoms with Crippen LogP contribution in [0, 0.1) is 6.92 Å². The first-order valence-corrected chi connectivity index (χ1v) is 10.3. The van der Waals surface area contributed by atoms with Crippen molar-refractivity contribution in [2.75, 3.05) is 11.9 Å². The molecule has 2 rings (SSSR count). The first-order valence-electron chi connectivity index (χ1n) is 8.71. The van der Waals surface area contributed by atoms with Crippen LogP contribution in [0.25, 0.3) is 0 Å². The zero-order valence-electron chi connectivity index (χ0n) is 14.8. The molecule has 6 heteroatoms. The van der Waals surface area contributed by atoms with Gasteiger partial charge in [0, 0.05) is 18.7 Å². The smallest absolute Gasteiger partial charge is 0.224 e. The third-order valence-electron chi connectivity index (χ3n) is 4.60. The van der Waals surface area contributed by atoms with Gasteiger partial charge >= 0.3 is 0 Å². The minimum absolute atomic E-state index is 0.0113. The molecule has 1 aromatic rings. The lowest BCUT2D eigenvalue weighted by molar-refractivity contribution is -0.116. The van der Waals surface area contributed by atoms with E-state index in [-0.39, 0.29) is 5.91 Å². The van der Waals surface area contributed by atoms with Crippen molar-refractivity contribution < 1.29 is 13.2 Å². The maximum Gasteiger partial charge on any atom is 0.224 e. The van der Waals surface area contributed by atoms with Crippen LogP contribution in [0.4, 0.5) is 5.69 Å². The van der Waals surface area contributed by atoms with E-state index in [0.717, 1.165) is 18.5 Å². The van der Waals surface area contributed by atoms with Crippen LogP contribution in [-0.2, 0) is 27.7 Å². The molecule has 0 aromatic heterocycles. The number of anilines is 1. The Morgan fingerprint density at radius 3 is 2.67 bits per heavy atom. The Hall–Kier alpha value is -1.40. The number of nitrogens with one attached hydrogen (secondary N) is 2. The minimum atomic E-state index is -3.21. The Labute approximate surface area is 145 Å². The van der Waals surface area contributed by atoms with Crippen LogP contribution in [0.3, 0.4) is 0 Å². The number of carbonyl (C=O) groups excluding carboxylic acids is 1. The van der Waals surface area contributed by atoms with Crippen LogP contribution in [0.1, 0.15) is 56.2 Å². The summed E-state index contributed by atoms with van der Waals surface area (Å²) in [6.07, 6.45) is 5.15. The fraction of sp³-hybridized carbons (Fsp3) is 0.611. The van der Waals surface area contributed by atoms with Crippen molar-refractivity contribution in [2.45, 2.75) is 64.5 Å². The molecule has 1 amide bonds. The van der Waals surface area contributed by atoms with Gasteiger partial charge in [-0.2, -0.15) is 0 Å². The predicted molar refractivity (Wildman–Crippen MR) is 97.7 cm³/mol. The van der Waals surface area contributed by atoms with Crippen LogP contribution in [0.15, 0.2) is 12.1 Å². The molecule has 0 radical (unpaired) electrons. The standard InChI is InChI=1S/C18H28N2O3S/c1-13(2)24(22,23)19-12-5-4-9-18(21)20-17-11-10-15-7-6-8-16(15)14(17)3/h10-11,13,19H,4-9,12H2,1-3H3,(H,20,21). The molecule has 0 heterocycles. The fourth-order valence-corrected chi connectivity index (χ4v) is 3.75. The number of unbranched alkanes of at least 4 members (excludes halogenated alkanes) is 1. The maximum atomic E-state index is 12.1. The number of carbonyl (C=O) groups is 1. The molecule has 0 fully saturated rings. The number of sulfonamides is 1. The fourth-order valence-electron chi connectivity index (χ4n) is 2.99. The molecule has 2 N–H and O–H groups in total. The Morgan fingerprint density at radius 1 is 1.21 bits per heavy atom. The van der Waals surface area contributed by atoms with E-state index in [1.165, 1.54) is 23.1 Å². The van der Waals surface area contributed by atoms with Crippen LogP contribution in [0.2, 0.25) is 0 Å². The highest BCUT2D eigenvalue weighted by Gasteiger charge is 2.16. The van der Waals surface area contributed by atoms with Gasteiger partial charge in [-0.15, -0.1) is 0 Å². The summed E-state index contributed by atoms with van der Waals surface area (Å²) in [7, 11) is -3.21. The van der Waals surface area contributed by atoms with Gasteiger partial charge in [0.1, 0.15) is 0 Å². The van der Waals surface area contributed by atoms with Crippen molar-refractivity contribution in [3.05, 3.63) is 28.8 Å². The molecular formula is C18H28N2O3S. The lowest BCUT2D eigenvalue weighted by atomic mass is 10.0. The predicted octanol–water partition coefficient (Wildman–Crippen LogP) is 2.92. The summed E-state index contributed by atoms with van der Waals surface area (Å²) in [5.41, 5.74) is 4.88. The van der Waals surface area contributed by atoms with Gasteiger partial charge in [-0.3, -0.25) is 4.79 Å². The van der Waals surface area contributed by atoms with Crippen molar-refractivity contribution in [2.24, 2.45) is 0 Å². The molecule has 24 heavy (non-hydrogen) atoms. The molecule has 1 aromatic carbocycles. The summed E-state index contributed by atoms with van der Waals surface area (Å²) in [6, 6.07) is 4.11. The van der Waals surface area contributed by atoms with Crippen LogP contribution < -0.4 is 10.0 Å². The molecule has 0 saturated heterocycles. The topological polar surface area (TPSA) is 75.3 Å². The normalized spacial score (nSPS) is 14.0. The summed E-state index contributed by atoms with van der Waals surface area (Å²) in [5.74, 6) is -0.0113. The number of fused-ring (bicyclic) bond motifs is 1. The van der Waals surface area contributed by atoms with Gasteiger partial charge in [-0.05, 0) is 75.6 Å². The molecule has 5 nitrogen and oxygen atoms in total. The average Bonchev–Trinajstić information content (AvgIpc) is 2.99. The lowest BCUT2D eigenvalue weighted by Gasteiger charge is -2.12. The van der Waals surface area contributed by atoms with Gasteiger partial charge in [-0.1, -0.05) is 6.07 Å². The Bertz CT molecular complexity index is 696. The number of aryl methyl sites for hydroxylation is 1. The van der Waals surface area contributed by atoms with Crippen molar-refractivity contribution in [3.8, 4) is 0 Å². The Balaban J connectivity index is 1.75. The summed E-state index contributed by atoms with van der Waals surface area (Å²) >= 11 is 0. The maximum absolute atomic E-state index is 12.1. The largest absolute Gasteiger partial charge is 0.326 e. The van der Waals surface area contributed by atoms with Crippen molar-refractivity contribution >= 4 is 21.6 Å². The molecule has 1 aliphatic rings. The third kappa shape index (κ3) is 4.80. The van der Waals surface area contributed by atoms with Crippen LogP contribution in [-0.4, -0.2) is 26.1 Å². The summed E-state index contributed by atoms with van der Waals surface area (Å²) in [4.78, 5) is 12.1. The monoisotopic (exact) mass is 352 g/mol. The van der Waals surface area contributed by atoms with E-state index in [2.05, 4.69) is 23.0 Å². The van der Waals surface area contributed by atoms with Crippen molar-refractivity contribution in [1.29, 1.82) is 0 Å². The molecule has 0 unspecified atom stereocenters. The van der Waals surface area contributed by atoms with E-state index in [1.807, 2.05) is 6.07 Å². The minimum Gasteiger partial charge on any atom is -0.326 e. The number of rotatable bonds is 8. The summed E-state index contributed by atoms with van der Waals surface area (Å²) in [6.45, 7) is 5.75. The van der Waals surface area contributed by atoms with Crippen molar-refractivity contribution in [3.63, 3.8) is 0 Å². The van der Waals surface area contributed by atoms with Gasteiger partial charge in [0.15, 0.2) is 0 Å². The molecule has 0 spiro atoms. The summed E-state index contributed by atoms with van der Waals surface area (Å²) < 4.78 is 25.8. The van der Waals surface area contributed by atoms with E-state index in [4.69, 9.17) is 0 Å². The zero-order chi connectivity index (χ0) is 17.7. The number of hydrogen-bond acceptors (Lipinski definition) is 3. The highest BCUT2D eigenvalue weighted by atomic mass is 32.2. The molecule has 1 aliphatic carbocycles. The van der Waals surface area contributed by atoms with Gasteiger partial charge in [0.05, 0.1) is 5.25 Å². The van der Waals surface area contributed by atoms with E-state index < -0.39 is 15.3 Å². The molecular weight excluding hydrogens is 324 g/mol. The second kappa shape index (κ2) is 8.12. The lowest BCUT2D eigenvalue weighted by Crippen LogP contribution is -2.31. The number of benzene rings is 1. The molecule has 0 atom stereocenters. The van der Waals surface area contributed by atoms with E-state index in [9.17, 15) is 13.2 Å². The highest BCUT2D eigenvalue weighted by Crippen LogP contribution is 2.29. The van der Waals surface area contributed by atoms with Crippen LogP contribution in [0.5, 0.6) is 0 Å².